The van der Waals surface area contributed by atoms with Gasteiger partial charge < -0.3 is 14.3 Å². The summed E-state index contributed by atoms with van der Waals surface area (Å²) < 4.78 is 9.47. The van der Waals surface area contributed by atoms with Gasteiger partial charge in [0.1, 0.15) is 12.4 Å². The molecular formula is C7H10O4. The molecule has 2 unspecified atom stereocenters. The average molecular weight is 158 g/mol. The quantitative estimate of drug-likeness (QED) is 0.416. The third-order valence-corrected chi connectivity index (χ3v) is 1.67. The van der Waals surface area contributed by atoms with Crippen LogP contribution in [0.15, 0.2) is 0 Å². The Hall–Kier alpha value is -0.900. The van der Waals surface area contributed by atoms with E-state index in [2.05, 4.69) is 4.74 Å². The fourth-order valence-corrected chi connectivity index (χ4v) is 1.07. The minimum absolute atomic E-state index is 0.394. The predicted molar refractivity (Wildman–Crippen MR) is 36.0 cm³/mol. The Morgan fingerprint density at radius 1 is 1.64 bits per heavy atom. The normalized spacial score (nSPS) is 29.9. The predicted octanol–water partition coefficient (Wildman–Crippen LogP) is -0.0941. The van der Waals surface area contributed by atoms with Crippen LogP contribution in [0.25, 0.3) is 0 Å². The Balaban J connectivity index is 2.41. The van der Waals surface area contributed by atoms with Gasteiger partial charge >= 0.3 is 5.97 Å². The summed E-state index contributed by atoms with van der Waals surface area (Å²) in [7, 11) is 1.31. The molecule has 0 spiro atoms. The van der Waals surface area contributed by atoms with E-state index in [0.717, 1.165) is 0 Å². The Bertz CT molecular complexity index is 166. The van der Waals surface area contributed by atoms with Crippen molar-refractivity contribution in [1.29, 1.82) is 0 Å². The van der Waals surface area contributed by atoms with Crippen molar-refractivity contribution in [2.24, 2.45) is 0 Å². The van der Waals surface area contributed by atoms with Gasteiger partial charge in [0.25, 0.3) is 0 Å². The van der Waals surface area contributed by atoms with Gasteiger partial charge in [0.05, 0.1) is 7.11 Å². The van der Waals surface area contributed by atoms with Crippen LogP contribution < -0.4 is 0 Å². The molecule has 0 radical (unpaired) electrons. The lowest BCUT2D eigenvalue weighted by Gasteiger charge is -2.06. The highest BCUT2D eigenvalue weighted by atomic mass is 16.6. The van der Waals surface area contributed by atoms with E-state index in [4.69, 9.17) is 4.74 Å². The molecule has 1 rings (SSSR count). The van der Waals surface area contributed by atoms with Crippen LogP contribution in [-0.4, -0.2) is 31.6 Å². The number of hydrogen-bond donors (Lipinski definition) is 0. The molecule has 0 aromatic rings. The third kappa shape index (κ3) is 1.77. The maximum atomic E-state index is 10.8. The molecule has 1 aliphatic rings. The Morgan fingerprint density at radius 3 is 2.82 bits per heavy atom. The van der Waals surface area contributed by atoms with E-state index in [9.17, 15) is 9.59 Å². The maximum Gasteiger partial charge on any atom is 0.335 e. The highest BCUT2D eigenvalue weighted by molar-refractivity contribution is 5.75. The first kappa shape index (κ1) is 8.20. The molecule has 1 saturated heterocycles. The highest BCUT2D eigenvalue weighted by Gasteiger charge is 2.30. The Labute approximate surface area is 64.5 Å². The van der Waals surface area contributed by atoms with Crippen LogP contribution in [0.1, 0.15) is 12.8 Å². The van der Waals surface area contributed by atoms with E-state index in [1.54, 1.807) is 0 Å². The molecule has 62 valence electrons. The molecule has 1 aliphatic heterocycles. The number of esters is 1. The van der Waals surface area contributed by atoms with Gasteiger partial charge in [0.15, 0.2) is 6.10 Å². The number of hydrogen-bond acceptors (Lipinski definition) is 4. The second-order valence-electron chi connectivity index (χ2n) is 2.40. The van der Waals surface area contributed by atoms with Crippen LogP contribution in [0, 0.1) is 0 Å². The van der Waals surface area contributed by atoms with Gasteiger partial charge in [0.2, 0.25) is 0 Å². The molecular weight excluding hydrogens is 148 g/mol. The molecule has 0 aliphatic carbocycles. The molecule has 0 amide bonds. The first-order valence-corrected chi connectivity index (χ1v) is 3.46. The lowest BCUT2D eigenvalue weighted by Crippen LogP contribution is -2.22. The van der Waals surface area contributed by atoms with Crippen molar-refractivity contribution >= 4 is 12.3 Å². The van der Waals surface area contributed by atoms with Crippen LogP contribution in [0.5, 0.6) is 0 Å². The summed E-state index contributed by atoms with van der Waals surface area (Å²) in [5.41, 5.74) is 0. The lowest BCUT2D eigenvalue weighted by molar-refractivity contribution is -0.153. The van der Waals surface area contributed by atoms with Crippen molar-refractivity contribution in [3.05, 3.63) is 0 Å². The van der Waals surface area contributed by atoms with Crippen molar-refractivity contribution in [2.45, 2.75) is 25.0 Å². The topological polar surface area (TPSA) is 52.6 Å². The molecule has 11 heavy (non-hydrogen) atoms. The number of rotatable bonds is 2. The molecule has 2 atom stereocenters. The molecule has 1 fully saturated rings. The van der Waals surface area contributed by atoms with Crippen molar-refractivity contribution < 1.29 is 19.1 Å². The van der Waals surface area contributed by atoms with Crippen LogP contribution in [0.2, 0.25) is 0 Å². The zero-order valence-electron chi connectivity index (χ0n) is 6.28. The summed E-state index contributed by atoms with van der Waals surface area (Å²) >= 11 is 0. The van der Waals surface area contributed by atoms with Crippen molar-refractivity contribution in [3.8, 4) is 0 Å². The Morgan fingerprint density at radius 2 is 2.36 bits per heavy atom. The molecule has 0 N–H and O–H groups in total. The smallest absolute Gasteiger partial charge is 0.335 e. The van der Waals surface area contributed by atoms with Crippen LogP contribution in [0.3, 0.4) is 0 Å². The summed E-state index contributed by atoms with van der Waals surface area (Å²) in [5.74, 6) is -0.394. The minimum atomic E-state index is -0.532. The second kappa shape index (κ2) is 3.48. The van der Waals surface area contributed by atoms with E-state index in [1.165, 1.54) is 7.11 Å². The summed E-state index contributed by atoms with van der Waals surface area (Å²) in [6, 6.07) is 0. The fraction of sp³-hybridized carbons (Fsp3) is 0.714. The van der Waals surface area contributed by atoms with Gasteiger partial charge in [0, 0.05) is 0 Å². The fourth-order valence-electron chi connectivity index (χ4n) is 1.07. The molecule has 0 saturated carbocycles. The summed E-state index contributed by atoms with van der Waals surface area (Å²) in [6.45, 7) is 0. The van der Waals surface area contributed by atoms with Crippen LogP contribution in [0.4, 0.5) is 0 Å². The van der Waals surface area contributed by atoms with E-state index in [0.29, 0.717) is 19.1 Å². The summed E-state index contributed by atoms with van der Waals surface area (Å²) in [5, 5.41) is 0. The zero-order valence-corrected chi connectivity index (χ0v) is 6.28. The van der Waals surface area contributed by atoms with Crippen LogP contribution >= 0.6 is 0 Å². The monoisotopic (exact) mass is 158 g/mol. The number of aldehydes is 1. The van der Waals surface area contributed by atoms with Crippen molar-refractivity contribution in [2.75, 3.05) is 7.11 Å². The SMILES string of the molecule is COC(=O)C1CCC(C=O)O1. The molecule has 4 nitrogen and oxygen atoms in total. The molecule has 1 heterocycles. The highest BCUT2D eigenvalue weighted by Crippen LogP contribution is 2.18. The molecule has 4 heteroatoms. The van der Waals surface area contributed by atoms with E-state index in [1.807, 2.05) is 0 Å². The van der Waals surface area contributed by atoms with E-state index in [-0.39, 0.29) is 0 Å². The summed E-state index contributed by atoms with van der Waals surface area (Å²) in [4.78, 5) is 21.0. The van der Waals surface area contributed by atoms with Gasteiger partial charge in [-0.2, -0.15) is 0 Å². The number of carbonyl (C=O) groups excluding carboxylic acids is 2. The number of ether oxygens (including phenoxy) is 2. The minimum Gasteiger partial charge on any atom is -0.467 e. The zero-order chi connectivity index (χ0) is 8.27. The second-order valence-corrected chi connectivity index (χ2v) is 2.40. The van der Waals surface area contributed by atoms with Crippen molar-refractivity contribution in [3.63, 3.8) is 0 Å². The third-order valence-electron chi connectivity index (χ3n) is 1.67. The van der Waals surface area contributed by atoms with Gasteiger partial charge in [-0.1, -0.05) is 0 Å². The molecule has 0 bridgehead atoms. The first-order chi connectivity index (χ1) is 5.27. The average Bonchev–Trinajstić information content (AvgIpc) is 2.50. The van der Waals surface area contributed by atoms with Gasteiger partial charge in [-0.05, 0) is 12.8 Å². The largest absolute Gasteiger partial charge is 0.467 e. The van der Waals surface area contributed by atoms with E-state index >= 15 is 0 Å². The summed E-state index contributed by atoms with van der Waals surface area (Å²) in [6.07, 6.45) is 0.955. The Kier molecular flexibility index (Phi) is 2.59. The van der Waals surface area contributed by atoms with Gasteiger partial charge in [-0.15, -0.1) is 0 Å². The number of carbonyl (C=O) groups is 2. The maximum absolute atomic E-state index is 10.8. The number of methoxy groups -OCH3 is 1. The van der Waals surface area contributed by atoms with E-state index < -0.39 is 18.2 Å². The standard InChI is InChI=1S/C7H10O4/c1-10-7(9)6-3-2-5(4-8)11-6/h4-6H,2-3H2,1H3. The lowest BCUT2D eigenvalue weighted by atomic mass is 10.2. The van der Waals surface area contributed by atoms with Gasteiger partial charge in [-0.3, -0.25) is 0 Å². The van der Waals surface area contributed by atoms with Gasteiger partial charge in [-0.25, -0.2) is 4.79 Å². The van der Waals surface area contributed by atoms with Crippen LogP contribution in [-0.2, 0) is 19.1 Å². The molecule has 0 aromatic carbocycles. The molecule has 0 aromatic heterocycles. The first-order valence-electron chi connectivity index (χ1n) is 3.46. The van der Waals surface area contributed by atoms with Crippen molar-refractivity contribution in [1.82, 2.24) is 0 Å².